The molecule has 0 aliphatic carbocycles. The molecule has 0 amide bonds. The highest BCUT2D eigenvalue weighted by Gasteiger charge is 2.08. The molecule has 0 unspecified atom stereocenters. The standard InChI is InChI=1S/C18H17N5O3/c1-25-15-9-4-3-8-14(15)21-18-22-16(11-19-23-18)20-13-7-5-6-12(10-13)17(24)26-2/h3-11H,1-2H3,(H2,20,21,22,23). The predicted molar refractivity (Wildman–Crippen MR) is 97.2 cm³/mol. The number of benzene rings is 2. The van der Waals surface area contributed by atoms with E-state index >= 15 is 0 Å². The second-order valence-electron chi connectivity index (χ2n) is 5.19. The number of carbonyl (C=O) groups excluding carboxylic acids is 1. The number of esters is 1. The van der Waals surface area contributed by atoms with Gasteiger partial charge in [0, 0.05) is 5.69 Å². The quantitative estimate of drug-likeness (QED) is 0.654. The topological polar surface area (TPSA) is 98.3 Å². The Balaban J connectivity index is 1.78. The highest BCUT2D eigenvalue weighted by Crippen LogP contribution is 2.25. The molecule has 2 aromatic carbocycles. The van der Waals surface area contributed by atoms with E-state index < -0.39 is 5.97 Å². The van der Waals surface area contributed by atoms with Gasteiger partial charge in [-0.05, 0) is 30.3 Å². The molecule has 0 bridgehead atoms. The summed E-state index contributed by atoms with van der Waals surface area (Å²) in [5.74, 6) is 1.04. The van der Waals surface area contributed by atoms with Crippen LogP contribution < -0.4 is 15.4 Å². The van der Waals surface area contributed by atoms with Crippen molar-refractivity contribution in [1.82, 2.24) is 15.2 Å². The summed E-state index contributed by atoms with van der Waals surface area (Å²) < 4.78 is 10.0. The number of nitrogens with one attached hydrogen (secondary N) is 2. The molecule has 0 saturated heterocycles. The number of para-hydroxylation sites is 2. The van der Waals surface area contributed by atoms with Crippen molar-refractivity contribution in [2.75, 3.05) is 24.9 Å². The summed E-state index contributed by atoms with van der Waals surface area (Å²) in [7, 11) is 2.93. The molecule has 0 aliphatic heterocycles. The van der Waals surface area contributed by atoms with Gasteiger partial charge in [-0.3, -0.25) is 0 Å². The summed E-state index contributed by atoms with van der Waals surface area (Å²) in [6.07, 6.45) is 1.48. The molecule has 1 aromatic heterocycles. The molecule has 8 nitrogen and oxygen atoms in total. The summed E-state index contributed by atoms with van der Waals surface area (Å²) in [6, 6.07) is 14.3. The Hall–Kier alpha value is -3.68. The number of carbonyl (C=O) groups is 1. The second-order valence-corrected chi connectivity index (χ2v) is 5.19. The van der Waals surface area contributed by atoms with Crippen molar-refractivity contribution in [2.24, 2.45) is 0 Å². The highest BCUT2D eigenvalue weighted by molar-refractivity contribution is 5.90. The van der Waals surface area contributed by atoms with Gasteiger partial charge in [0.25, 0.3) is 0 Å². The van der Waals surface area contributed by atoms with E-state index in [1.807, 2.05) is 30.3 Å². The van der Waals surface area contributed by atoms with Gasteiger partial charge in [-0.25, -0.2) is 4.79 Å². The van der Waals surface area contributed by atoms with E-state index in [9.17, 15) is 4.79 Å². The molecule has 132 valence electrons. The molecule has 2 N–H and O–H groups in total. The van der Waals surface area contributed by atoms with Crippen molar-refractivity contribution in [3.05, 3.63) is 60.3 Å². The average molecular weight is 351 g/mol. The van der Waals surface area contributed by atoms with Crippen LogP contribution >= 0.6 is 0 Å². The van der Waals surface area contributed by atoms with Gasteiger partial charge in [-0.15, -0.1) is 5.10 Å². The van der Waals surface area contributed by atoms with Gasteiger partial charge in [0.15, 0.2) is 5.82 Å². The van der Waals surface area contributed by atoms with Gasteiger partial charge in [0.05, 0.1) is 31.7 Å². The lowest BCUT2D eigenvalue weighted by Crippen LogP contribution is -2.04. The van der Waals surface area contributed by atoms with E-state index in [0.717, 1.165) is 5.69 Å². The fraction of sp³-hybridized carbons (Fsp3) is 0.111. The number of rotatable bonds is 6. The molecule has 0 spiro atoms. The molecular weight excluding hydrogens is 334 g/mol. The minimum absolute atomic E-state index is 0.309. The lowest BCUT2D eigenvalue weighted by atomic mass is 10.2. The van der Waals surface area contributed by atoms with Gasteiger partial charge in [0.2, 0.25) is 5.95 Å². The minimum Gasteiger partial charge on any atom is -0.495 e. The van der Waals surface area contributed by atoms with Crippen LogP contribution in [0.4, 0.5) is 23.1 Å². The molecule has 0 radical (unpaired) electrons. The third kappa shape index (κ3) is 4.04. The summed E-state index contributed by atoms with van der Waals surface area (Å²) in [6.45, 7) is 0. The number of aromatic nitrogens is 3. The van der Waals surface area contributed by atoms with Crippen molar-refractivity contribution >= 4 is 29.1 Å². The summed E-state index contributed by atoms with van der Waals surface area (Å²) >= 11 is 0. The lowest BCUT2D eigenvalue weighted by molar-refractivity contribution is 0.0601. The van der Waals surface area contributed by atoms with Crippen LogP contribution in [0.15, 0.2) is 54.7 Å². The van der Waals surface area contributed by atoms with E-state index in [1.165, 1.54) is 13.3 Å². The van der Waals surface area contributed by atoms with E-state index in [2.05, 4.69) is 25.8 Å². The van der Waals surface area contributed by atoms with Crippen LogP contribution in [0.5, 0.6) is 5.75 Å². The van der Waals surface area contributed by atoms with Gasteiger partial charge in [-0.2, -0.15) is 10.1 Å². The van der Waals surface area contributed by atoms with Crippen molar-refractivity contribution in [3.63, 3.8) is 0 Å². The highest BCUT2D eigenvalue weighted by atomic mass is 16.5. The Morgan fingerprint density at radius 3 is 2.69 bits per heavy atom. The zero-order valence-corrected chi connectivity index (χ0v) is 14.3. The van der Waals surface area contributed by atoms with Crippen LogP contribution in [-0.4, -0.2) is 35.4 Å². The molecule has 0 fully saturated rings. The first-order chi connectivity index (χ1) is 12.7. The first-order valence-electron chi connectivity index (χ1n) is 7.75. The Labute approximate surface area is 150 Å². The van der Waals surface area contributed by atoms with Crippen LogP contribution in [-0.2, 0) is 4.74 Å². The Kier molecular flexibility index (Phi) is 5.23. The minimum atomic E-state index is -0.409. The maximum absolute atomic E-state index is 11.6. The Morgan fingerprint density at radius 1 is 1.04 bits per heavy atom. The van der Waals surface area contributed by atoms with Crippen LogP contribution in [0.1, 0.15) is 10.4 Å². The first-order valence-corrected chi connectivity index (χ1v) is 7.75. The number of nitrogens with zero attached hydrogens (tertiary/aromatic N) is 3. The Bertz CT molecular complexity index is 917. The van der Waals surface area contributed by atoms with E-state index in [1.54, 1.807) is 25.3 Å². The molecule has 3 aromatic rings. The molecule has 1 heterocycles. The maximum atomic E-state index is 11.6. The molecule has 26 heavy (non-hydrogen) atoms. The second kappa shape index (κ2) is 7.93. The zero-order valence-electron chi connectivity index (χ0n) is 14.3. The monoisotopic (exact) mass is 351 g/mol. The predicted octanol–water partition coefficient (Wildman–Crippen LogP) is 3.15. The van der Waals surface area contributed by atoms with Crippen LogP contribution in [0.2, 0.25) is 0 Å². The number of methoxy groups -OCH3 is 2. The van der Waals surface area contributed by atoms with E-state index in [0.29, 0.717) is 28.8 Å². The lowest BCUT2D eigenvalue weighted by Gasteiger charge is -2.10. The van der Waals surface area contributed by atoms with Crippen molar-refractivity contribution < 1.29 is 14.3 Å². The van der Waals surface area contributed by atoms with Gasteiger partial charge < -0.3 is 20.1 Å². The van der Waals surface area contributed by atoms with Gasteiger partial charge in [-0.1, -0.05) is 18.2 Å². The molecule has 0 aliphatic rings. The molecular formula is C18H17N5O3. The number of ether oxygens (including phenoxy) is 2. The fourth-order valence-corrected chi connectivity index (χ4v) is 2.27. The zero-order chi connectivity index (χ0) is 18.4. The number of hydrogen-bond acceptors (Lipinski definition) is 8. The third-order valence-corrected chi connectivity index (χ3v) is 3.47. The summed E-state index contributed by atoms with van der Waals surface area (Å²) in [5.41, 5.74) is 1.84. The molecule has 8 heteroatoms. The Morgan fingerprint density at radius 2 is 1.88 bits per heavy atom. The average Bonchev–Trinajstić information content (AvgIpc) is 2.68. The maximum Gasteiger partial charge on any atom is 0.337 e. The fourth-order valence-electron chi connectivity index (χ4n) is 2.27. The smallest absolute Gasteiger partial charge is 0.337 e. The van der Waals surface area contributed by atoms with E-state index in [4.69, 9.17) is 9.47 Å². The molecule has 3 rings (SSSR count). The SMILES string of the molecule is COC(=O)c1cccc(Nc2cnnc(Nc3ccccc3OC)n2)c1. The molecule has 0 saturated carbocycles. The van der Waals surface area contributed by atoms with E-state index in [-0.39, 0.29) is 0 Å². The number of anilines is 4. The van der Waals surface area contributed by atoms with Crippen LogP contribution in [0.25, 0.3) is 0 Å². The first kappa shape index (κ1) is 17.2. The van der Waals surface area contributed by atoms with Crippen LogP contribution in [0.3, 0.4) is 0 Å². The third-order valence-electron chi connectivity index (χ3n) is 3.47. The molecule has 0 atom stereocenters. The van der Waals surface area contributed by atoms with Crippen LogP contribution in [0, 0.1) is 0 Å². The number of hydrogen-bond donors (Lipinski definition) is 2. The summed E-state index contributed by atoms with van der Waals surface area (Å²) in [4.78, 5) is 16.0. The van der Waals surface area contributed by atoms with Crippen molar-refractivity contribution in [3.8, 4) is 5.75 Å². The van der Waals surface area contributed by atoms with Crippen molar-refractivity contribution in [2.45, 2.75) is 0 Å². The summed E-state index contributed by atoms with van der Waals surface area (Å²) in [5, 5.41) is 14.1. The van der Waals surface area contributed by atoms with Crippen molar-refractivity contribution in [1.29, 1.82) is 0 Å². The normalized spacial score (nSPS) is 10.1. The van der Waals surface area contributed by atoms with Gasteiger partial charge in [0.1, 0.15) is 5.75 Å². The largest absolute Gasteiger partial charge is 0.495 e. The van der Waals surface area contributed by atoms with Gasteiger partial charge >= 0.3 is 5.97 Å².